The van der Waals surface area contributed by atoms with Crippen LogP contribution in [0.4, 0.5) is 5.69 Å². The molecule has 0 saturated heterocycles. The zero-order valence-electron chi connectivity index (χ0n) is 12.0. The highest BCUT2D eigenvalue weighted by atomic mass is 16.5. The molecule has 0 fully saturated rings. The molecule has 0 aliphatic heterocycles. The summed E-state index contributed by atoms with van der Waals surface area (Å²) in [4.78, 5) is 0. The van der Waals surface area contributed by atoms with E-state index in [1.165, 1.54) is 5.56 Å². The van der Waals surface area contributed by atoms with E-state index < -0.39 is 0 Å². The lowest BCUT2D eigenvalue weighted by Crippen LogP contribution is -2.04. The van der Waals surface area contributed by atoms with Gasteiger partial charge in [0.2, 0.25) is 0 Å². The molecule has 2 aromatic rings. The maximum atomic E-state index is 5.49. The summed E-state index contributed by atoms with van der Waals surface area (Å²) in [7, 11) is 1.69. The summed E-state index contributed by atoms with van der Waals surface area (Å²) < 4.78 is 12.4. The average molecular weight is 275 g/mol. The van der Waals surface area contributed by atoms with Crippen LogP contribution in [0.1, 0.15) is 12.5 Å². The highest BCUT2D eigenvalue weighted by Crippen LogP contribution is 2.15. The third-order valence-electron chi connectivity index (χ3n) is 2.86. The van der Waals surface area contributed by atoms with Crippen LogP contribution >= 0.6 is 0 Å². The Morgan fingerprint density at radius 2 is 2.25 bits per heavy atom. The normalized spacial score (nSPS) is 10.5. The molecule has 0 bridgehead atoms. The van der Waals surface area contributed by atoms with Crippen molar-refractivity contribution in [3.8, 4) is 5.75 Å². The molecule has 0 spiro atoms. The van der Waals surface area contributed by atoms with E-state index in [4.69, 9.17) is 9.47 Å². The fourth-order valence-corrected chi connectivity index (χ4v) is 1.88. The molecule has 1 aromatic heterocycles. The molecule has 1 aromatic carbocycles. The van der Waals surface area contributed by atoms with Crippen molar-refractivity contribution in [2.45, 2.75) is 20.0 Å². The summed E-state index contributed by atoms with van der Waals surface area (Å²) >= 11 is 0. The van der Waals surface area contributed by atoms with Gasteiger partial charge in [-0.3, -0.25) is 4.68 Å². The quantitative estimate of drug-likeness (QED) is 0.804. The minimum atomic E-state index is 0.664. The Bertz CT molecular complexity index is 525. The lowest BCUT2D eigenvalue weighted by molar-refractivity contribution is 0.183. The zero-order valence-corrected chi connectivity index (χ0v) is 12.0. The summed E-state index contributed by atoms with van der Waals surface area (Å²) in [5, 5.41) is 7.61. The number of hydrogen-bond acceptors (Lipinski definition) is 4. The van der Waals surface area contributed by atoms with E-state index in [-0.39, 0.29) is 0 Å². The number of nitrogens with zero attached hydrogens (tertiary/aromatic N) is 2. The topological polar surface area (TPSA) is 48.3 Å². The van der Waals surface area contributed by atoms with Crippen LogP contribution in [-0.2, 0) is 17.8 Å². The number of ether oxygens (including phenoxy) is 2. The molecule has 0 unspecified atom stereocenters. The molecule has 5 nitrogen and oxygen atoms in total. The van der Waals surface area contributed by atoms with Gasteiger partial charge in [0.15, 0.2) is 0 Å². The Balaban J connectivity index is 1.88. The second-order valence-electron chi connectivity index (χ2n) is 4.42. The van der Waals surface area contributed by atoms with E-state index in [1.807, 2.05) is 42.2 Å². The minimum absolute atomic E-state index is 0.664. The van der Waals surface area contributed by atoms with Crippen molar-refractivity contribution in [2.75, 3.05) is 25.6 Å². The molecule has 0 radical (unpaired) electrons. The van der Waals surface area contributed by atoms with Crippen molar-refractivity contribution in [1.82, 2.24) is 9.78 Å². The smallest absolute Gasteiger partial charge is 0.119 e. The van der Waals surface area contributed by atoms with Crippen molar-refractivity contribution in [2.24, 2.45) is 0 Å². The van der Waals surface area contributed by atoms with Gasteiger partial charge in [0.05, 0.1) is 31.6 Å². The fourth-order valence-electron chi connectivity index (χ4n) is 1.88. The van der Waals surface area contributed by atoms with E-state index in [0.717, 1.165) is 24.5 Å². The number of anilines is 1. The van der Waals surface area contributed by atoms with E-state index in [2.05, 4.69) is 16.5 Å². The van der Waals surface area contributed by atoms with Crippen LogP contribution in [0, 0.1) is 0 Å². The highest BCUT2D eigenvalue weighted by Gasteiger charge is 2.00. The van der Waals surface area contributed by atoms with Gasteiger partial charge in [-0.1, -0.05) is 12.1 Å². The van der Waals surface area contributed by atoms with Gasteiger partial charge in [-0.15, -0.1) is 0 Å². The van der Waals surface area contributed by atoms with Gasteiger partial charge < -0.3 is 14.8 Å². The Hall–Kier alpha value is -2.01. The number of nitrogens with one attached hydrogen (secondary N) is 1. The molecule has 0 atom stereocenters. The third-order valence-corrected chi connectivity index (χ3v) is 2.86. The molecule has 0 saturated carbocycles. The van der Waals surface area contributed by atoms with Gasteiger partial charge in [0.25, 0.3) is 0 Å². The van der Waals surface area contributed by atoms with Gasteiger partial charge in [-0.2, -0.15) is 5.10 Å². The van der Waals surface area contributed by atoms with Crippen molar-refractivity contribution in [1.29, 1.82) is 0 Å². The molecule has 0 aliphatic carbocycles. The number of aromatic nitrogens is 2. The summed E-state index contributed by atoms with van der Waals surface area (Å²) in [6, 6.07) is 8.09. The molecule has 0 amide bonds. The first-order valence-corrected chi connectivity index (χ1v) is 6.79. The van der Waals surface area contributed by atoms with Crippen LogP contribution < -0.4 is 10.1 Å². The second-order valence-corrected chi connectivity index (χ2v) is 4.42. The average Bonchev–Trinajstić information content (AvgIpc) is 2.92. The number of hydrogen-bond donors (Lipinski definition) is 1. The van der Waals surface area contributed by atoms with E-state index in [0.29, 0.717) is 13.2 Å². The van der Waals surface area contributed by atoms with Crippen LogP contribution in [-0.4, -0.2) is 30.1 Å². The molecular formula is C15H21N3O2. The molecule has 108 valence electrons. The molecule has 0 aliphatic rings. The zero-order chi connectivity index (χ0) is 14.2. The molecule has 1 N–H and O–H groups in total. The molecule has 20 heavy (non-hydrogen) atoms. The maximum absolute atomic E-state index is 5.49. The molecule has 5 heteroatoms. The van der Waals surface area contributed by atoms with E-state index >= 15 is 0 Å². The Labute approximate surface area is 119 Å². The van der Waals surface area contributed by atoms with Crippen LogP contribution in [0.2, 0.25) is 0 Å². The van der Waals surface area contributed by atoms with Crippen LogP contribution in [0.15, 0.2) is 36.7 Å². The van der Waals surface area contributed by atoms with E-state index in [9.17, 15) is 0 Å². The van der Waals surface area contributed by atoms with Crippen molar-refractivity contribution >= 4 is 5.69 Å². The Morgan fingerprint density at radius 1 is 1.35 bits per heavy atom. The maximum Gasteiger partial charge on any atom is 0.119 e. The molecular weight excluding hydrogens is 254 g/mol. The van der Waals surface area contributed by atoms with Crippen LogP contribution in [0.3, 0.4) is 0 Å². The van der Waals surface area contributed by atoms with Crippen molar-refractivity contribution < 1.29 is 9.47 Å². The first-order valence-electron chi connectivity index (χ1n) is 6.79. The predicted molar refractivity (Wildman–Crippen MR) is 79.0 cm³/mol. The van der Waals surface area contributed by atoms with Gasteiger partial charge in [-0.05, 0) is 24.6 Å². The van der Waals surface area contributed by atoms with Crippen molar-refractivity contribution in [3.05, 3.63) is 42.2 Å². The lowest BCUT2D eigenvalue weighted by Gasteiger charge is -2.07. The lowest BCUT2D eigenvalue weighted by atomic mass is 10.2. The predicted octanol–water partition coefficient (Wildman–Crippen LogP) is 2.54. The van der Waals surface area contributed by atoms with Gasteiger partial charge >= 0.3 is 0 Å². The SMILES string of the molecule is CCOc1cccc(CNc2cnn(CCOC)c2)c1. The largest absolute Gasteiger partial charge is 0.494 e. The highest BCUT2D eigenvalue weighted by molar-refractivity contribution is 5.40. The van der Waals surface area contributed by atoms with Gasteiger partial charge in [0, 0.05) is 19.9 Å². The Morgan fingerprint density at radius 3 is 3.05 bits per heavy atom. The Kier molecular flexibility index (Phi) is 5.43. The van der Waals surface area contributed by atoms with E-state index in [1.54, 1.807) is 7.11 Å². The monoisotopic (exact) mass is 275 g/mol. The van der Waals surface area contributed by atoms with Gasteiger partial charge in [0.1, 0.15) is 5.75 Å². The van der Waals surface area contributed by atoms with Crippen LogP contribution in [0.25, 0.3) is 0 Å². The van der Waals surface area contributed by atoms with Crippen molar-refractivity contribution in [3.63, 3.8) is 0 Å². The number of benzene rings is 1. The van der Waals surface area contributed by atoms with Crippen LogP contribution in [0.5, 0.6) is 5.75 Å². The molecule has 2 rings (SSSR count). The first kappa shape index (κ1) is 14.4. The number of methoxy groups -OCH3 is 1. The number of rotatable bonds is 8. The first-order chi connectivity index (χ1) is 9.81. The summed E-state index contributed by atoms with van der Waals surface area (Å²) in [5.41, 5.74) is 2.18. The summed E-state index contributed by atoms with van der Waals surface area (Å²) in [6.07, 6.45) is 3.80. The minimum Gasteiger partial charge on any atom is -0.494 e. The van der Waals surface area contributed by atoms with Gasteiger partial charge in [-0.25, -0.2) is 0 Å². The standard InChI is InChI=1S/C15H21N3O2/c1-3-20-15-6-4-5-13(9-15)10-16-14-11-17-18(12-14)7-8-19-2/h4-6,9,11-12,16H,3,7-8,10H2,1-2H3. The summed E-state index contributed by atoms with van der Waals surface area (Å²) in [5.74, 6) is 0.905. The summed E-state index contributed by atoms with van der Waals surface area (Å²) in [6.45, 7) is 4.84. The second kappa shape index (κ2) is 7.55. The fraction of sp³-hybridized carbons (Fsp3) is 0.400. The molecule has 1 heterocycles. The third kappa shape index (κ3) is 4.28.